The summed E-state index contributed by atoms with van der Waals surface area (Å²) in [6.45, 7) is 22.6. The number of rotatable bonds is 2. The highest BCUT2D eigenvalue weighted by Gasteiger charge is 2.17. The molecule has 0 aliphatic rings. The molecule has 0 bridgehead atoms. The van der Waals surface area contributed by atoms with Gasteiger partial charge < -0.3 is 0 Å². The van der Waals surface area contributed by atoms with Crippen LogP contribution in [0.2, 0.25) is 0 Å². The Morgan fingerprint density at radius 2 is 0.607 bits per heavy atom. The Labute approximate surface area is 171 Å². The fourth-order valence-corrected chi connectivity index (χ4v) is 4.70. The van der Waals surface area contributed by atoms with E-state index >= 15 is 0 Å². The second-order valence-corrected chi connectivity index (χ2v) is 8.58. The third-order valence-corrected chi connectivity index (χ3v) is 7.44. The molecule has 0 aromatic heterocycles. The minimum absolute atomic E-state index is 1.33. The van der Waals surface area contributed by atoms with E-state index in [1.807, 2.05) is 0 Å². The van der Waals surface area contributed by atoms with Crippen LogP contribution in [0.4, 0.5) is 0 Å². The zero-order chi connectivity index (χ0) is 20.9. The first-order valence-corrected chi connectivity index (χ1v) is 10.3. The predicted molar refractivity (Wildman–Crippen MR) is 125 cm³/mol. The van der Waals surface area contributed by atoms with Crippen molar-refractivity contribution in [1.82, 2.24) is 0 Å². The largest absolute Gasteiger partial charge is 0.0610 e. The van der Waals surface area contributed by atoms with E-state index in [2.05, 4.69) is 93.5 Å². The highest BCUT2D eigenvalue weighted by molar-refractivity contribution is 5.81. The van der Waals surface area contributed by atoms with Gasteiger partial charge in [-0.2, -0.15) is 0 Å². The van der Waals surface area contributed by atoms with Crippen molar-refractivity contribution in [3.8, 4) is 22.3 Å². The van der Waals surface area contributed by atoms with Crippen molar-refractivity contribution in [1.29, 1.82) is 0 Å². The van der Waals surface area contributed by atoms with Crippen molar-refractivity contribution < 1.29 is 0 Å². The highest BCUT2D eigenvalue weighted by atomic mass is 14.2. The molecule has 0 unspecified atom stereocenters. The lowest BCUT2D eigenvalue weighted by molar-refractivity contribution is 1.17. The summed E-state index contributed by atoms with van der Waals surface area (Å²) in [4.78, 5) is 0. The van der Waals surface area contributed by atoms with Crippen molar-refractivity contribution in [3.05, 3.63) is 79.9 Å². The maximum atomic E-state index is 2.40. The molecule has 3 aromatic carbocycles. The van der Waals surface area contributed by atoms with Crippen LogP contribution in [0, 0.1) is 69.2 Å². The van der Waals surface area contributed by atoms with E-state index in [1.165, 1.54) is 77.9 Å². The zero-order valence-corrected chi connectivity index (χ0v) is 19.3. The first-order valence-electron chi connectivity index (χ1n) is 10.3. The maximum Gasteiger partial charge on any atom is -0.0120 e. The zero-order valence-electron chi connectivity index (χ0n) is 19.3. The van der Waals surface area contributed by atoms with E-state index in [4.69, 9.17) is 0 Å². The van der Waals surface area contributed by atoms with Crippen LogP contribution in [0.1, 0.15) is 55.6 Å². The number of hydrogen-bond acceptors (Lipinski definition) is 0. The molecule has 0 aliphatic carbocycles. The molecule has 146 valence electrons. The normalized spacial score (nSPS) is 11.2. The average Bonchev–Trinajstić information content (AvgIpc) is 2.68. The molecule has 28 heavy (non-hydrogen) atoms. The molecule has 0 saturated carbocycles. The predicted octanol–water partition coefficient (Wildman–Crippen LogP) is 8.10. The van der Waals surface area contributed by atoms with Gasteiger partial charge in [0.25, 0.3) is 0 Å². The molecule has 0 heteroatoms. The van der Waals surface area contributed by atoms with Crippen molar-refractivity contribution in [2.24, 2.45) is 0 Å². The Kier molecular flexibility index (Phi) is 5.28. The van der Waals surface area contributed by atoms with Gasteiger partial charge in [-0.05, 0) is 153 Å². The summed E-state index contributed by atoms with van der Waals surface area (Å²) in [6, 6.07) is 9.15. The molecule has 0 aliphatic heterocycles. The van der Waals surface area contributed by atoms with Gasteiger partial charge in [0.1, 0.15) is 0 Å². The SMILES string of the molecule is Cc1c(C)c(C)c(-c2cccc(-c3c(C)c(C)c(C)c(C)c3C)c2)c(C)c1C. The first-order chi connectivity index (χ1) is 13.1. The van der Waals surface area contributed by atoms with Crippen LogP contribution in [-0.2, 0) is 0 Å². The average molecular weight is 371 g/mol. The van der Waals surface area contributed by atoms with Gasteiger partial charge in [0.05, 0.1) is 0 Å². The molecule has 0 saturated heterocycles. The summed E-state index contributed by atoms with van der Waals surface area (Å²) in [6.07, 6.45) is 0. The van der Waals surface area contributed by atoms with Gasteiger partial charge >= 0.3 is 0 Å². The van der Waals surface area contributed by atoms with Gasteiger partial charge in [-0.15, -0.1) is 0 Å². The summed E-state index contributed by atoms with van der Waals surface area (Å²) in [5, 5.41) is 0. The summed E-state index contributed by atoms with van der Waals surface area (Å²) >= 11 is 0. The van der Waals surface area contributed by atoms with E-state index in [1.54, 1.807) is 0 Å². The van der Waals surface area contributed by atoms with Crippen molar-refractivity contribution in [3.63, 3.8) is 0 Å². The Balaban J connectivity index is 2.31. The Bertz CT molecular complexity index is 951. The van der Waals surface area contributed by atoms with Gasteiger partial charge in [0.2, 0.25) is 0 Å². The van der Waals surface area contributed by atoms with E-state index in [0.29, 0.717) is 0 Å². The van der Waals surface area contributed by atoms with E-state index < -0.39 is 0 Å². The van der Waals surface area contributed by atoms with Crippen LogP contribution in [0.15, 0.2) is 24.3 Å². The molecule has 0 heterocycles. The smallest absolute Gasteiger partial charge is 0.0120 e. The molecular formula is C28H34. The minimum Gasteiger partial charge on any atom is -0.0610 e. The molecule has 0 N–H and O–H groups in total. The third kappa shape index (κ3) is 3.00. The summed E-state index contributed by atoms with van der Waals surface area (Å²) < 4.78 is 0. The van der Waals surface area contributed by atoms with Gasteiger partial charge in [-0.3, -0.25) is 0 Å². The summed E-state index contributed by atoms with van der Waals surface area (Å²) in [7, 11) is 0. The Hall–Kier alpha value is -2.34. The quantitative estimate of drug-likeness (QED) is 0.427. The summed E-state index contributed by atoms with van der Waals surface area (Å²) in [5.74, 6) is 0. The second kappa shape index (κ2) is 7.24. The Morgan fingerprint density at radius 3 is 0.893 bits per heavy atom. The van der Waals surface area contributed by atoms with Crippen LogP contribution in [0.5, 0.6) is 0 Å². The first kappa shape index (κ1) is 20.4. The highest BCUT2D eigenvalue weighted by Crippen LogP contribution is 2.38. The van der Waals surface area contributed by atoms with Crippen LogP contribution in [0.3, 0.4) is 0 Å². The van der Waals surface area contributed by atoms with Gasteiger partial charge in [0, 0.05) is 0 Å². The fourth-order valence-electron chi connectivity index (χ4n) is 4.70. The van der Waals surface area contributed by atoms with E-state index in [-0.39, 0.29) is 0 Å². The molecule has 0 amide bonds. The Morgan fingerprint density at radius 1 is 0.357 bits per heavy atom. The molecule has 3 rings (SSSR count). The topological polar surface area (TPSA) is 0 Å². The number of benzene rings is 3. The second-order valence-electron chi connectivity index (χ2n) is 8.58. The molecule has 0 fully saturated rings. The van der Waals surface area contributed by atoms with Crippen LogP contribution in [-0.4, -0.2) is 0 Å². The van der Waals surface area contributed by atoms with Crippen molar-refractivity contribution in [2.45, 2.75) is 69.2 Å². The lowest BCUT2D eigenvalue weighted by Crippen LogP contribution is -2.01. The molecule has 0 nitrogen and oxygen atoms in total. The van der Waals surface area contributed by atoms with Gasteiger partial charge in [0.15, 0.2) is 0 Å². The van der Waals surface area contributed by atoms with Crippen LogP contribution < -0.4 is 0 Å². The van der Waals surface area contributed by atoms with Gasteiger partial charge in [-0.25, -0.2) is 0 Å². The standard InChI is InChI=1S/C28H34/c1-15-17(3)21(7)27(22(8)18(15)4)25-12-11-13-26(14-25)28-23(9)19(5)16(2)20(6)24(28)10/h11-14H,1-10H3. The molecular weight excluding hydrogens is 336 g/mol. The van der Waals surface area contributed by atoms with Gasteiger partial charge in [-0.1, -0.05) is 18.2 Å². The maximum absolute atomic E-state index is 2.40. The molecule has 3 aromatic rings. The third-order valence-electron chi connectivity index (χ3n) is 7.44. The molecule has 0 atom stereocenters. The minimum atomic E-state index is 1.33. The lowest BCUT2D eigenvalue weighted by atomic mass is 9.83. The van der Waals surface area contributed by atoms with Crippen LogP contribution in [0.25, 0.3) is 22.3 Å². The number of hydrogen-bond donors (Lipinski definition) is 0. The van der Waals surface area contributed by atoms with Crippen molar-refractivity contribution in [2.75, 3.05) is 0 Å². The lowest BCUT2D eigenvalue weighted by Gasteiger charge is -2.21. The molecule has 0 spiro atoms. The summed E-state index contributed by atoms with van der Waals surface area (Å²) in [5.41, 5.74) is 19.6. The fraction of sp³-hybridized carbons (Fsp3) is 0.357. The monoisotopic (exact) mass is 370 g/mol. The molecule has 0 radical (unpaired) electrons. The van der Waals surface area contributed by atoms with Crippen LogP contribution >= 0.6 is 0 Å². The van der Waals surface area contributed by atoms with E-state index in [0.717, 1.165) is 0 Å². The van der Waals surface area contributed by atoms with Crippen molar-refractivity contribution >= 4 is 0 Å². The van der Waals surface area contributed by atoms with E-state index in [9.17, 15) is 0 Å².